The molecule has 4 nitrogen and oxygen atoms in total. The number of carbonyl (C=O) groups excluding carboxylic acids is 2. The number of Topliss-reactive ketones (excluding diaryl/α,β-unsaturated/α-hetero) is 1. The number of hydrogen-bond donors (Lipinski definition) is 0. The second-order valence-corrected chi connectivity index (χ2v) is 8.04. The van der Waals surface area contributed by atoms with E-state index in [2.05, 4.69) is 0 Å². The fraction of sp³-hybridized carbons (Fsp3) is 0.600. The van der Waals surface area contributed by atoms with E-state index in [-0.39, 0.29) is 11.5 Å². The van der Waals surface area contributed by atoms with Crippen molar-refractivity contribution >= 4 is 11.9 Å². The third-order valence-corrected chi connectivity index (χ3v) is 4.58. The number of ketones is 1. The molecule has 27 heavy (non-hydrogen) atoms. The van der Waals surface area contributed by atoms with E-state index in [4.69, 9.17) is 4.74 Å². The van der Waals surface area contributed by atoms with Gasteiger partial charge in [0.25, 0.3) is 5.92 Å². The molecule has 0 N–H and O–H groups in total. The van der Waals surface area contributed by atoms with Crippen LogP contribution in [0.2, 0.25) is 0 Å². The molecule has 0 spiro atoms. The maximum absolute atomic E-state index is 14.7. The Labute approximate surface area is 157 Å². The number of carbonyl (C=O) groups is 2. The predicted molar refractivity (Wildman–Crippen MR) is 95.4 cm³/mol. The van der Waals surface area contributed by atoms with Crippen LogP contribution in [0.25, 0.3) is 0 Å². The quantitative estimate of drug-likeness (QED) is 0.673. The molecule has 2 rings (SSSR count). The van der Waals surface area contributed by atoms with Crippen LogP contribution in [0.3, 0.4) is 0 Å². The number of nitrogens with zero attached hydrogens (tertiary/aromatic N) is 1. The van der Waals surface area contributed by atoms with Gasteiger partial charge in [0.05, 0.1) is 11.1 Å². The van der Waals surface area contributed by atoms with Crippen molar-refractivity contribution in [3.05, 3.63) is 35.1 Å². The van der Waals surface area contributed by atoms with E-state index in [0.717, 1.165) is 13.0 Å². The normalized spacial score (nSPS) is 16.3. The van der Waals surface area contributed by atoms with Gasteiger partial charge in [0.1, 0.15) is 11.4 Å². The molecule has 1 amide bonds. The zero-order valence-corrected chi connectivity index (χ0v) is 16.2. The first-order valence-electron chi connectivity index (χ1n) is 9.06. The molecule has 1 saturated heterocycles. The molecule has 0 atom stereocenters. The zero-order chi connectivity index (χ0) is 20.4. The van der Waals surface area contributed by atoms with Crippen LogP contribution in [0, 0.1) is 11.7 Å². The largest absolute Gasteiger partial charge is 0.444 e. The standard InChI is InChI=1S/C20H26F3NO3/c1-13(25)15-6-5-7-16(17(15)21)20(22,23)12-14-8-10-24(11-9-14)18(26)27-19(2,3)4/h5-7,14H,8-12H2,1-4H3. The Hall–Kier alpha value is -2.05. The summed E-state index contributed by atoms with van der Waals surface area (Å²) in [6.07, 6.45) is -0.188. The number of likely N-dealkylation sites (tertiary alicyclic amines) is 1. The number of amides is 1. The maximum Gasteiger partial charge on any atom is 0.410 e. The molecule has 0 aliphatic carbocycles. The molecule has 150 valence electrons. The third-order valence-electron chi connectivity index (χ3n) is 4.58. The predicted octanol–water partition coefficient (Wildman–Crippen LogP) is 5.16. The Morgan fingerprint density at radius 3 is 2.30 bits per heavy atom. The van der Waals surface area contributed by atoms with E-state index in [1.807, 2.05) is 0 Å². The lowest BCUT2D eigenvalue weighted by atomic mass is 9.87. The Kier molecular flexibility index (Phi) is 6.22. The van der Waals surface area contributed by atoms with E-state index in [9.17, 15) is 22.8 Å². The Balaban J connectivity index is 2.01. The molecule has 0 saturated carbocycles. The highest BCUT2D eigenvalue weighted by atomic mass is 19.3. The molecule has 1 aromatic carbocycles. The lowest BCUT2D eigenvalue weighted by Gasteiger charge is -2.34. The van der Waals surface area contributed by atoms with Crippen LogP contribution in [-0.2, 0) is 10.7 Å². The number of alkyl halides is 2. The van der Waals surface area contributed by atoms with Crippen LogP contribution in [0.4, 0.5) is 18.0 Å². The molecule has 7 heteroatoms. The first-order valence-corrected chi connectivity index (χ1v) is 9.06. The summed E-state index contributed by atoms with van der Waals surface area (Å²) in [6.45, 7) is 7.09. The summed E-state index contributed by atoms with van der Waals surface area (Å²) in [5.41, 5.74) is -1.68. The molecule has 0 unspecified atom stereocenters. The number of hydrogen-bond acceptors (Lipinski definition) is 3. The summed E-state index contributed by atoms with van der Waals surface area (Å²) in [7, 11) is 0. The molecule has 0 aromatic heterocycles. The summed E-state index contributed by atoms with van der Waals surface area (Å²) in [4.78, 5) is 25.0. The first kappa shape index (κ1) is 21.3. The number of halogens is 3. The minimum Gasteiger partial charge on any atom is -0.444 e. The van der Waals surface area contributed by atoms with Gasteiger partial charge in [-0.1, -0.05) is 12.1 Å². The number of piperidine rings is 1. The molecule has 1 aliphatic rings. The monoisotopic (exact) mass is 385 g/mol. The summed E-state index contributed by atoms with van der Waals surface area (Å²) >= 11 is 0. The molecular formula is C20H26F3NO3. The fourth-order valence-electron chi connectivity index (χ4n) is 3.21. The zero-order valence-electron chi connectivity index (χ0n) is 16.2. The highest BCUT2D eigenvalue weighted by Crippen LogP contribution is 2.39. The second kappa shape index (κ2) is 7.90. The van der Waals surface area contributed by atoms with Gasteiger partial charge in [0, 0.05) is 19.5 Å². The van der Waals surface area contributed by atoms with Gasteiger partial charge >= 0.3 is 6.09 Å². The van der Waals surface area contributed by atoms with Gasteiger partial charge in [0.15, 0.2) is 5.78 Å². The number of rotatable bonds is 4. The Morgan fingerprint density at radius 2 is 1.78 bits per heavy atom. The average molecular weight is 385 g/mol. The van der Waals surface area contributed by atoms with Crippen LogP contribution in [0.5, 0.6) is 0 Å². The van der Waals surface area contributed by atoms with E-state index < -0.39 is 41.2 Å². The molecule has 1 fully saturated rings. The minimum atomic E-state index is -3.38. The van der Waals surface area contributed by atoms with E-state index in [1.165, 1.54) is 17.0 Å². The number of ether oxygens (including phenoxy) is 1. The minimum absolute atomic E-state index is 0.325. The fourth-order valence-corrected chi connectivity index (χ4v) is 3.21. The summed E-state index contributed by atoms with van der Waals surface area (Å²) in [6, 6.07) is 3.50. The molecule has 1 aliphatic heterocycles. The summed E-state index contributed by atoms with van der Waals surface area (Å²) < 4.78 is 49.0. The van der Waals surface area contributed by atoms with Crippen LogP contribution in [0.15, 0.2) is 18.2 Å². The van der Waals surface area contributed by atoms with Crippen molar-refractivity contribution in [2.24, 2.45) is 5.92 Å². The van der Waals surface area contributed by atoms with Crippen molar-refractivity contribution in [1.29, 1.82) is 0 Å². The van der Waals surface area contributed by atoms with Crippen LogP contribution in [0.1, 0.15) is 62.9 Å². The molecule has 1 aromatic rings. The van der Waals surface area contributed by atoms with Crippen LogP contribution >= 0.6 is 0 Å². The number of benzene rings is 1. The van der Waals surface area contributed by atoms with Crippen molar-refractivity contribution in [2.45, 2.75) is 58.5 Å². The Bertz CT molecular complexity index is 705. The lowest BCUT2D eigenvalue weighted by molar-refractivity contribution is -0.0411. The van der Waals surface area contributed by atoms with Gasteiger partial charge in [-0.05, 0) is 52.5 Å². The van der Waals surface area contributed by atoms with Crippen molar-refractivity contribution in [3.63, 3.8) is 0 Å². The highest BCUT2D eigenvalue weighted by molar-refractivity contribution is 5.94. The van der Waals surface area contributed by atoms with Crippen molar-refractivity contribution in [3.8, 4) is 0 Å². The van der Waals surface area contributed by atoms with Crippen LogP contribution < -0.4 is 0 Å². The van der Waals surface area contributed by atoms with Crippen molar-refractivity contribution in [1.82, 2.24) is 4.90 Å². The summed E-state index contributed by atoms with van der Waals surface area (Å²) in [5.74, 6) is -5.47. The van der Waals surface area contributed by atoms with Gasteiger partial charge < -0.3 is 9.64 Å². The molecular weight excluding hydrogens is 359 g/mol. The average Bonchev–Trinajstić information content (AvgIpc) is 2.53. The van der Waals surface area contributed by atoms with Gasteiger partial charge in [0.2, 0.25) is 0 Å². The topological polar surface area (TPSA) is 46.6 Å². The van der Waals surface area contributed by atoms with Crippen molar-refractivity contribution in [2.75, 3.05) is 13.1 Å². The van der Waals surface area contributed by atoms with Gasteiger partial charge in [-0.15, -0.1) is 0 Å². The smallest absolute Gasteiger partial charge is 0.410 e. The maximum atomic E-state index is 14.7. The van der Waals surface area contributed by atoms with E-state index in [0.29, 0.717) is 25.9 Å². The molecule has 0 radical (unpaired) electrons. The van der Waals surface area contributed by atoms with Crippen LogP contribution in [-0.4, -0.2) is 35.5 Å². The Morgan fingerprint density at radius 1 is 1.19 bits per heavy atom. The lowest BCUT2D eigenvalue weighted by Crippen LogP contribution is -2.42. The van der Waals surface area contributed by atoms with Gasteiger partial charge in [-0.2, -0.15) is 0 Å². The SMILES string of the molecule is CC(=O)c1cccc(C(F)(F)CC2CCN(C(=O)OC(C)(C)C)CC2)c1F. The van der Waals surface area contributed by atoms with Gasteiger partial charge in [-0.25, -0.2) is 18.0 Å². The van der Waals surface area contributed by atoms with E-state index in [1.54, 1.807) is 20.8 Å². The van der Waals surface area contributed by atoms with Crippen molar-refractivity contribution < 1.29 is 27.5 Å². The molecule has 1 heterocycles. The van der Waals surface area contributed by atoms with Gasteiger partial charge in [-0.3, -0.25) is 4.79 Å². The second-order valence-electron chi connectivity index (χ2n) is 8.04. The first-order chi connectivity index (χ1) is 12.4. The summed E-state index contributed by atoms with van der Waals surface area (Å²) in [5, 5.41) is 0. The molecule has 0 bridgehead atoms. The van der Waals surface area contributed by atoms with E-state index >= 15 is 0 Å². The highest BCUT2D eigenvalue weighted by Gasteiger charge is 2.39. The third kappa shape index (κ3) is 5.47.